The maximum absolute atomic E-state index is 12.3. The topological polar surface area (TPSA) is 58.6 Å². The average Bonchev–Trinajstić information content (AvgIpc) is 2.64. The van der Waals surface area contributed by atoms with Crippen LogP contribution < -0.4 is 10.1 Å². The molecule has 0 saturated carbocycles. The van der Waals surface area contributed by atoms with Gasteiger partial charge in [0.25, 0.3) is 5.91 Å². The van der Waals surface area contributed by atoms with Gasteiger partial charge in [-0.1, -0.05) is 30.3 Å². The van der Waals surface area contributed by atoms with Gasteiger partial charge in [-0.15, -0.1) is 0 Å². The van der Waals surface area contributed by atoms with Crippen molar-refractivity contribution in [2.45, 2.75) is 0 Å². The Hall–Kier alpha value is -2.66. The molecular formula is C19H22N2O3. The fraction of sp³-hybridized carbons (Fsp3) is 0.263. The van der Waals surface area contributed by atoms with Crippen molar-refractivity contribution in [1.82, 2.24) is 10.2 Å². The zero-order chi connectivity index (χ0) is 17.4. The number of rotatable bonds is 8. The molecule has 0 aliphatic carbocycles. The third-order valence-electron chi connectivity index (χ3n) is 3.64. The molecule has 2 aromatic carbocycles. The molecule has 0 radical (unpaired) electrons. The average molecular weight is 326 g/mol. The Bertz CT molecular complexity index is 669. The summed E-state index contributed by atoms with van der Waals surface area (Å²) in [6.07, 6.45) is 0. The quantitative estimate of drug-likeness (QED) is 0.754. The van der Waals surface area contributed by atoms with Crippen LogP contribution in [0.15, 0.2) is 54.6 Å². The Morgan fingerprint density at radius 1 is 1.00 bits per heavy atom. The van der Waals surface area contributed by atoms with Gasteiger partial charge in [0.2, 0.25) is 0 Å². The van der Waals surface area contributed by atoms with Gasteiger partial charge in [0.15, 0.2) is 12.4 Å². The molecule has 0 aromatic heterocycles. The first-order valence-electron chi connectivity index (χ1n) is 7.83. The summed E-state index contributed by atoms with van der Waals surface area (Å²) in [6, 6.07) is 15.9. The summed E-state index contributed by atoms with van der Waals surface area (Å²) in [5.74, 6) is 0.440. The molecule has 0 fully saturated rings. The highest BCUT2D eigenvalue weighted by Crippen LogP contribution is 2.15. The van der Waals surface area contributed by atoms with Gasteiger partial charge < -0.3 is 15.0 Å². The van der Waals surface area contributed by atoms with Crippen molar-refractivity contribution >= 4 is 11.7 Å². The van der Waals surface area contributed by atoms with E-state index in [4.69, 9.17) is 4.74 Å². The number of likely N-dealkylation sites (N-methyl/N-ethyl adjacent to an activating group) is 2. The van der Waals surface area contributed by atoms with Crippen molar-refractivity contribution in [3.63, 3.8) is 0 Å². The third-order valence-corrected chi connectivity index (χ3v) is 3.64. The molecule has 2 aromatic rings. The van der Waals surface area contributed by atoms with E-state index < -0.39 is 0 Å². The zero-order valence-electron chi connectivity index (χ0n) is 14.0. The van der Waals surface area contributed by atoms with Crippen LogP contribution >= 0.6 is 0 Å². The van der Waals surface area contributed by atoms with Crippen LogP contribution in [0.2, 0.25) is 0 Å². The summed E-state index contributed by atoms with van der Waals surface area (Å²) in [7, 11) is 3.58. The molecule has 126 valence electrons. The first-order valence-corrected chi connectivity index (χ1v) is 7.83. The number of hydrogen-bond acceptors (Lipinski definition) is 4. The Morgan fingerprint density at radius 2 is 1.62 bits per heavy atom. The van der Waals surface area contributed by atoms with E-state index in [9.17, 15) is 9.59 Å². The molecule has 0 spiro atoms. The van der Waals surface area contributed by atoms with Crippen LogP contribution in [0, 0.1) is 0 Å². The fourth-order valence-electron chi connectivity index (χ4n) is 2.12. The highest BCUT2D eigenvalue weighted by molar-refractivity contribution is 6.08. The van der Waals surface area contributed by atoms with E-state index in [1.54, 1.807) is 48.3 Å². The molecule has 0 aliphatic heterocycles. The molecule has 0 atom stereocenters. The standard InChI is InChI=1S/C19H22N2O3/c1-20-12-13-21(2)18(22)14-24-17-10-8-16(9-11-17)19(23)15-6-4-3-5-7-15/h3-11,20H,12-14H2,1-2H3. The van der Waals surface area contributed by atoms with Crippen molar-refractivity contribution in [3.8, 4) is 5.75 Å². The second-order valence-electron chi connectivity index (χ2n) is 5.43. The predicted molar refractivity (Wildman–Crippen MR) is 93.4 cm³/mol. The monoisotopic (exact) mass is 326 g/mol. The minimum Gasteiger partial charge on any atom is -0.484 e. The number of amides is 1. The predicted octanol–water partition coefficient (Wildman–Crippen LogP) is 1.97. The van der Waals surface area contributed by atoms with Gasteiger partial charge in [-0.3, -0.25) is 9.59 Å². The fourth-order valence-corrected chi connectivity index (χ4v) is 2.12. The Morgan fingerprint density at radius 3 is 2.25 bits per heavy atom. The molecule has 5 heteroatoms. The van der Waals surface area contributed by atoms with E-state index in [0.29, 0.717) is 23.4 Å². The van der Waals surface area contributed by atoms with Crippen LogP contribution in [-0.4, -0.2) is 50.4 Å². The van der Waals surface area contributed by atoms with E-state index >= 15 is 0 Å². The second-order valence-corrected chi connectivity index (χ2v) is 5.43. The zero-order valence-corrected chi connectivity index (χ0v) is 14.0. The van der Waals surface area contributed by atoms with Crippen molar-refractivity contribution in [2.24, 2.45) is 0 Å². The van der Waals surface area contributed by atoms with Crippen LogP contribution in [0.1, 0.15) is 15.9 Å². The molecule has 0 aliphatic rings. The Balaban J connectivity index is 1.90. The Kier molecular flexibility index (Phi) is 6.51. The number of carbonyl (C=O) groups excluding carboxylic acids is 2. The van der Waals surface area contributed by atoms with Gasteiger partial charge in [0, 0.05) is 31.3 Å². The molecule has 1 amide bonds. The SMILES string of the molecule is CNCCN(C)C(=O)COc1ccc(C(=O)c2ccccc2)cc1. The first-order chi connectivity index (χ1) is 11.6. The molecular weight excluding hydrogens is 304 g/mol. The lowest BCUT2D eigenvalue weighted by Crippen LogP contribution is -2.35. The number of benzene rings is 2. The summed E-state index contributed by atoms with van der Waals surface area (Å²) >= 11 is 0. The van der Waals surface area contributed by atoms with Crippen LogP contribution in [0.3, 0.4) is 0 Å². The highest BCUT2D eigenvalue weighted by atomic mass is 16.5. The van der Waals surface area contributed by atoms with Gasteiger partial charge >= 0.3 is 0 Å². The molecule has 0 bridgehead atoms. The van der Waals surface area contributed by atoms with Crippen LogP contribution in [0.4, 0.5) is 0 Å². The lowest BCUT2D eigenvalue weighted by molar-refractivity contribution is -0.131. The molecule has 0 heterocycles. The van der Waals surface area contributed by atoms with Crippen molar-refractivity contribution in [2.75, 3.05) is 33.8 Å². The largest absolute Gasteiger partial charge is 0.484 e. The number of nitrogens with zero attached hydrogens (tertiary/aromatic N) is 1. The van der Waals surface area contributed by atoms with E-state index in [2.05, 4.69) is 5.32 Å². The molecule has 24 heavy (non-hydrogen) atoms. The van der Waals surface area contributed by atoms with E-state index in [0.717, 1.165) is 6.54 Å². The summed E-state index contributed by atoms with van der Waals surface area (Å²) in [5.41, 5.74) is 1.23. The maximum atomic E-state index is 12.3. The van der Waals surface area contributed by atoms with Gasteiger partial charge in [-0.2, -0.15) is 0 Å². The molecule has 0 saturated heterocycles. The normalized spacial score (nSPS) is 10.2. The van der Waals surface area contributed by atoms with E-state index in [1.807, 2.05) is 25.2 Å². The summed E-state index contributed by atoms with van der Waals surface area (Å²) in [4.78, 5) is 25.8. The number of carbonyl (C=O) groups is 2. The van der Waals surface area contributed by atoms with Crippen LogP contribution in [-0.2, 0) is 4.79 Å². The molecule has 0 unspecified atom stereocenters. The summed E-state index contributed by atoms with van der Waals surface area (Å²) in [5, 5.41) is 2.99. The minimum atomic E-state index is -0.0883. The number of ketones is 1. The number of hydrogen-bond donors (Lipinski definition) is 1. The Labute approximate surface area is 142 Å². The maximum Gasteiger partial charge on any atom is 0.260 e. The van der Waals surface area contributed by atoms with Crippen LogP contribution in [0.5, 0.6) is 5.75 Å². The van der Waals surface area contributed by atoms with E-state index in [-0.39, 0.29) is 18.3 Å². The molecule has 5 nitrogen and oxygen atoms in total. The first kappa shape index (κ1) is 17.7. The second kappa shape index (κ2) is 8.84. The van der Waals surface area contributed by atoms with Gasteiger partial charge in [0.05, 0.1) is 0 Å². The summed E-state index contributed by atoms with van der Waals surface area (Å²) in [6.45, 7) is 1.34. The number of ether oxygens (including phenoxy) is 1. The van der Waals surface area contributed by atoms with Gasteiger partial charge in [0.1, 0.15) is 5.75 Å². The lowest BCUT2D eigenvalue weighted by Gasteiger charge is -2.17. The number of nitrogens with one attached hydrogen (secondary N) is 1. The van der Waals surface area contributed by atoms with Crippen LogP contribution in [0.25, 0.3) is 0 Å². The lowest BCUT2D eigenvalue weighted by atomic mass is 10.0. The minimum absolute atomic E-state index is 0.0216. The van der Waals surface area contributed by atoms with E-state index in [1.165, 1.54) is 0 Å². The smallest absolute Gasteiger partial charge is 0.260 e. The van der Waals surface area contributed by atoms with Crippen molar-refractivity contribution in [1.29, 1.82) is 0 Å². The molecule has 2 rings (SSSR count). The highest BCUT2D eigenvalue weighted by Gasteiger charge is 2.10. The summed E-state index contributed by atoms with van der Waals surface area (Å²) < 4.78 is 5.49. The van der Waals surface area contributed by atoms with Crippen molar-refractivity contribution in [3.05, 3.63) is 65.7 Å². The van der Waals surface area contributed by atoms with Gasteiger partial charge in [-0.25, -0.2) is 0 Å². The third kappa shape index (κ3) is 4.93. The van der Waals surface area contributed by atoms with Gasteiger partial charge in [-0.05, 0) is 31.3 Å². The molecule has 1 N–H and O–H groups in total. The van der Waals surface area contributed by atoms with Crippen molar-refractivity contribution < 1.29 is 14.3 Å².